The molecule has 0 spiro atoms. The van der Waals surface area contributed by atoms with E-state index in [0.29, 0.717) is 0 Å². The second-order valence-electron chi connectivity index (χ2n) is 4.64. The van der Waals surface area contributed by atoms with E-state index in [0.717, 1.165) is 0 Å². The van der Waals surface area contributed by atoms with Gasteiger partial charge in [0.15, 0.2) is 0 Å². The number of hydrogen-bond acceptors (Lipinski definition) is 0. The van der Waals surface area contributed by atoms with Crippen molar-refractivity contribution < 1.29 is 0 Å². The van der Waals surface area contributed by atoms with Crippen molar-refractivity contribution in [3.05, 3.63) is 77.9 Å². The maximum absolute atomic E-state index is 2.26. The van der Waals surface area contributed by atoms with Crippen molar-refractivity contribution in [2.75, 3.05) is 0 Å². The number of allylic oxidation sites excluding steroid dienone is 4. The summed E-state index contributed by atoms with van der Waals surface area (Å²) in [6.45, 7) is 6.31. The van der Waals surface area contributed by atoms with Crippen LogP contribution in [0.3, 0.4) is 0 Å². The van der Waals surface area contributed by atoms with Crippen LogP contribution in [0.25, 0.3) is 16.7 Å². The molecule has 2 rings (SSSR count). The zero-order chi connectivity index (χ0) is 13.7. The molecule has 0 fully saturated rings. The molecule has 0 amide bonds. The molecule has 0 heteroatoms. The molecule has 0 unspecified atom stereocenters. The maximum atomic E-state index is 2.26. The molecular weight excluding hydrogens is 228 g/mol. The van der Waals surface area contributed by atoms with Crippen molar-refractivity contribution in [3.8, 4) is 11.1 Å². The Morgan fingerprint density at radius 3 is 2.21 bits per heavy atom. The minimum Gasteiger partial charge on any atom is -0.0871 e. The fourth-order valence-corrected chi connectivity index (χ4v) is 2.32. The molecule has 0 aromatic heterocycles. The standard InChI is InChI=1S/C19H20/c1-4-9-16(5-2)19-13-12-18(14-15(19)3)17-10-7-6-8-11-17/h4-14H,1-3H3/b9-4-,16-5+. The topological polar surface area (TPSA) is 0 Å². The van der Waals surface area contributed by atoms with Gasteiger partial charge in [-0.05, 0) is 48.6 Å². The summed E-state index contributed by atoms with van der Waals surface area (Å²) in [6.07, 6.45) is 6.40. The minimum atomic E-state index is 1.27. The molecule has 2 aromatic rings. The second kappa shape index (κ2) is 6.19. The molecule has 96 valence electrons. The zero-order valence-electron chi connectivity index (χ0n) is 11.9. The van der Waals surface area contributed by atoms with E-state index >= 15 is 0 Å². The highest BCUT2D eigenvalue weighted by Gasteiger charge is 2.04. The molecule has 0 atom stereocenters. The van der Waals surface area contributed by atoms with Crippen LogP contribution in [0.15, 0.2) is 66.8 Å². The molecule has 2 aromatic carbocycles. The Kier molecular flexibility index (Phi) is 4.35. The smallest absolute Gasteiger partial charge is 0.0158 e. The number of aryl methyl sites for hydroxylation is 1. The summed E-state index contributed by atoms with van der Waals surface area (Å²) in [6, 6.07) is 17.2. The molecule has 0 aliphatic rings. The van der Waals surface area contributed by atoms with Crippen molar-refractivity contribution in [1.29, 1.82) is 0 Å². The predicted molar refractivity (Wildman–Crippen MR) is 85.1 cm³/mol. The molecule has 0 bridgehead atoms. The van der Waals surface area contributed by atoms with Crippen LogP contribution in [-0.4, -0.2) is 0 Å². The largest absolute Gasteiger partial charge is 0.0871 e. The summed E-state index contributed by atoms with van der Waals surface area (Å²) in [5.74, 6) is 0. The Hall–Kier alpha value is -2.08. The molecular formula is C19H20. The van der Waals surface area contributed by atoms with Crippen LogP contribution < -0.4 is 0 Å². The van der Waals surface area contributed by atoms with Crippen molar-refractivity contribution in [2.24, 2.45) is 0 Å². The Morgan fingerprint density at radius 1 is 0.895 bits per heavy atom. The quantitative estimate of drug-likeness (QED) is 0.616. The van der Waals surface area contributed by atoms with Gasteiger partial charge in [0, 0.05) is 0 Å². The van der Waals surface area contributed by atoms with Gasteiger partial charge in [-0.25, -0.2) is 0 Å². The van der Waals surface area contributed by atoms with E-state index in [2.05, 4.69) is 87.5 Å². The second-order valence-corrected chi connectivity index (χ2v) is 4.64. The van der Waals surface area contributed by atoms with Gasteiger partial charge in [0.2, 0.25) is 0 Å². The molecule has 0 saturated carbocycles. The van der Waals surface area contributed by atoms with Crippen molar-refractivity contribution in [1.82, 2.24) is 0 Å². The first-order chi connectivity index (χ1) is 9.26. The predicted octanol–water partition coefficient (Wildman–Crippen LogP) is 5.64. The average Bonchev–Trinajstić information content (AvgIpc) is 2.46. The first-order valence-corrected chi connectivity index (χ1v) is 6.71. The van der Waals surface area contributed by atoms with Crippen LogP contribution in [0, 0.1) is 6.92 Å². The van der Waals surface area contributed by atoms with Crippen LogP contribution in [-0.2, 0) is 0 Å². The van der Waals surface area contributed by atoms with E-state index < -0.39 is 0 Å². The highest BCUT2D eigenvalue weighted by molar-refractivity contribution is 5.78. The van der Waals surface area contributed by atoms with Gasteiger partial charge >= 0.3 is 0 Å². The average molecular weight is 248 g/mol. The van der Waals surface area contributed by atoms with Crippen LogP contribution >= 0.6 is 0 Å². The molecule has 19 heavy (non-hydrogen) atoms. The van der Waals surface area contributed by atoms with Gasteiger partial charge in [0.05, 0.1) is 0 Å². The fraction of sp³-hybridized carbons (Fsp3) is 0.158. The molecule has 0 aliphatic carbocycles. The summed E-state index contributed by atoms with van der Waals surface area (Å²) in [5, 5.41) is 0. The number of hydrogen-bond donors (Lipinski definition) is 0. The van der Waals surface area contributed by atoms with Crippen LogP contribution in [0.5, 0.6) is 0 Å². The lowest BCUT2D eigenvalue weighted by molar-refractivity contribution is 1.42. The Labute approximate surface area is 116 Å². The molecule has 0 N–H and O–H groups in total. The number of rotatable bonds is 3. The van der Waals surface area contributed by atoms with Crippen LogP contribution in [0.2, 0.25) is 0 Å². The van der Waals surface area contributed by atoms with Gasteiger partial charge in [-0.3, -0.25) is 0 Å². The summed E-state index contributed by atoms with van der Waals surface area (Å²) < 4.78 is 0. The summed E-state index contributed by atoms with van der Waals surface area (Å²) in [7, 11) is 0. The van der Waals surface area contributed by atoms with Gasteiger partial charge in [0.1, 0.15) is 0 Å². The van der Waals surface area contributed by atoms with E-state index in [9.17, 15) is 0 Å². The van der Waals surface area contributed by atoms with E-state index in [-0.39, 0.29) is 0 Å². The van der Waals surface area contributed by atoms with E-state index in [1.165, 1.54) is 27.8 Å². The zero-order valence-corrected chi connectivity index (χ0v) is 11.9. The normalized spacial score (nSPS) is 12.1. The minimum absolute atomic E-state index is 1.27. The third kappa shape index (κ3) is 3.03. The molecule has 0 radical (unpaired) electrons. The van der Waals surface area contributed by atoms with Gasteiger partial charge < -0.3 is 0 Å². The van der Waals surface area contributed by atoms with Crippen molar-refractivity contribution in [2.45, 2.75) is 20.8 Å². The van der Waals surface area contributed by atoms with Gasteiger partial charge in [-0.1, -0.05) is 66.8 Å². The van der Waals surface area contributed by atoms with E-state index in [1.807, 2.05) is 0 Å². The fourth-order valence-electron chi connectivity index (χ4n) is 2.32. The van der Waals surface area contributed by atoms with Crippen LogP contribution in [0.1, 0.15) is 25.0 Å². The lowest BCUT2D eigenvalue weighted by Gasteiger charge is -2.10. The molecule has 0 saturated heterocycles. The van der Waals surface area contributed by atoms with Gasteiger partial charge in [-0.2, -0.15) is 0 Å². The Balaban J connectivity index is 2.43. The van der Waals surface area contributed by atoms with Gasteiger partial charge in [-0.15, -0.1) is 0 Å². The lowest BCUT2D eigenvalue weighted by Crippen LogP contribution is -1.88. The van der Waals surface area contributed by atoms with Crippen LogP contribution in [0.4, 0.5) is 0 Å². The third-order valence-corrected chi connectivity index (χ3v) is 3.30. The van der Waals surface area contributed by atoms with Crippen molar-refractivity contribution >= 4 is 5.57 Å². The van der Waals surface area contributed by atoms with E-state index in [4.69, 9.17) is 0 Å². The number of benzene rings is 2. The van der Waals surface area contributed by atoms with Gasteiger partial charge in [0.25, 0.3) is 0 Å². The Bertz CT molecular complexity index is 601. The summed E-state index contributed by atoms with van der Waals surface area (Å²) in [5.41, 5.74) is 6.44. The first-order valence-electron chi connectivity index (χ1n) is 6.71. The first kappa shape index (κ1) is 13.4. The summed E-state index contributed by atoms with van der Waals surface area (Å²) in [4.78, 5) is 0. The third-order valence-electron chi connectivity index (χ3n) is 3.30. The molecule has 0 aliphatic heterocycles. The Morgan fingerprint density at radius 2 is 1.63 bits per heavy atom. The highest BCUT2D eigenvalue weighted by Crippen LogP contribution is 2.26. The SMILES string of the molecule is C/C=C\C(=C/C)c1ccc(-c2ccccc2)cc1C. The molecule has 0 nitrogen and oxygen atoms in total. The maximum Gasteiger partial charge on any atom is -0.0158 e. The summed E-state index contributed by atoms with van der Waals surface area (Å²) >= 11 is 0. The molecule has 0 heterocycles. The highest BCUT2D eigenvalue weighted by atomic mass is 14.1. The van der Waals surface area contributed by atoms with Crippen molar-refractivity contribution in [3.63, 3.8) is 0 Å². The lowest BCUT2D eigenvalue weighted by atomic mass is 9.95. The van der Waals surface area contributed by atoms with E-state index in [1.54, 1.807) is 0 Å². The monoisotopic (exact) mass is 248 g/mol.